The maximum atomic E-state index is 13.5. The molecule has 0 saturated heterocycles. The molecule has 2 aromatic carbocycles. The first kappa shape index (κ1) is 22.9. The average Bonchev–Trinajstić information content (AvgIpc) is 3.34. The number of amides is 2. The first-order valence-electron chi connectivity index (χ1n) is 12.2. The second-order valence-electron chi connectivity index (χ2n) is 8.95. The van der Waals surface area contributed by atoms with Crippen molar-refractivity contribution >= 4 is 34.4 Å². The highest BCUT2D eigenvalue weighted by Gasteiger charge is 2.27. The van der Waals surface area contributed by atoms with Crippen LogP contribution in [0.3, 0.4) is 0 Å². The predicted octanol–water partition coefficient (Wildman–Crippen LogP) is 4.48. The monoisotopic (exact) mass is 471 g/mol. The van der Waals surface area contributed by atoms with Crippen molar-refractivity contribution in [3.8, 4) is 11.5 Å². The van der Waals surface area contributed by atoms with Gasteiger partial charge in [-0.2, -0.15) is 0 Å². The summed E-state index contributed by atoms with van der Waals surface area (Å²) < 4.78 is 11.0. The number of allylic oxidation sites excluding steroid dienone is 1. The molecule has 1 aliphatic heterocycles. The average molecular weight is 472 g/mol. The zero-order valence-electron chi connectivity index (χ0n) is 20.0. The van der Waals surface area contributed by atoms with Crippen LogP contribution in [-0.4, -0.2) is 36.2 Å². The number of carbonyl (C=O) groups excluding carboxylic acids is 2. The van der Waals surface area contributed by atoms with Gasteiger partial charge in [0.25, 0.3) is 5.91 Å². The summed E-state index contributed by atoms with van der Waals surface area (Å²) in [4.78, 5) is 30.9. The van der Waals surface area contributed by atoms with Gasteiger partial charge in [-0.25, -0.2) is 4.98 Å². The van der Waals surface area contributed by atoms with E-state index in [1.54, 1.807) is 6.92 Å². The van der Waals surface area contributed by atoms with Crippen LogP contribution in [0.5, 0.6) is 11.5 Å². The molecule has 35 heavy (non-hydrogen) atoms. The van der Waals surface area contributed by atoms with Gasteiger partial charge in [-0.15, -0.1) is 0 Å². The molecule has 2 heterocycles. The van der Waals surface area contributed by atoms with E-state index in [0.29, 0.717) is 12.1 Å². The molecule has 0 saturated carbocycles. The van der Waals surface area contributed by atoms with E-state index in [9.17, 15) is 9.59 Å². The number of aromatic nitrogens is 1. The Bertz CT molecular complexity index is 1330. The van der Waals surface area contributed by atoms with Gasteiger partial charge in [-0.1, -0.05) is 31.2 Å². The third-order valence-electron chi connectivity index (χ3n) is 6.43. The zero-order chi connectivity index (χ0) is 24.4. The molecule has 1 aliphatic carbocycles. The van der Waals surface area contributed by atoms with E-state index in [2.05, 4.69) is 16.7 Å². The first-order chi connectivity index (χ1) is 17.0. The third kappa shape index (κ3) is 4.58. The molecule has 1 aromatic heterocycles. The maximum absolute atomic E-state index is 13.5. The maximum Gasteiger partial charge on any atom is 0.252 e. The largest absolute Gasteiger partial charge is 0.454 e. The van der Waals surface area contributed by atoms with Gasteiger partial charge in [0, 0.05) is 11.9 Å². The summed E-state index contributed by atoms with van der Waals surface area (Å²) in [6, 6.07) is 12.9. The quantitative estimate of drug-likeness (QED) is 0.553. The lowest BCUT2D eigenvalue weighted by molar-refractivity contribution is -0.122. The Morgan fingerprint density at radius 3 is 2.80 bits per heavy atom. The first-order valence-corrected chi connectivity index (χ1v) is 12.2. The Morgan fingerprint density at radius 2 is 1.94 bits per heavy atom. The van der Waals surface area contributed by atoms with Crippen molar-refractivity contribution in [3.05, 3.63) is 64.8 Å². The van der Waals surface area contributed by atoms with Gasteiger partial charge in [0.2, 0.25) is 12.7 Å². The van der Waals surface area contributed by atoms with Gasteiger partial charge in [-0.3, -0.25) is 9.59 Å². The molecule has 2 N–H and O–H groups in total. The lowest BCUT2D eigenvalue weighted by Gasteiger charge is -2.23. The number of hydrogen-bond acceptors (Lipinski definition) is 5. The smallest absolute Gasteiger partial charge is 0.252 e. The van der Waals surface area contributed by atoms with E-state index in [1.807, 2.05) is 49.4 Å². The summed E-state index contributed by atoms with van der Waals surface area (Å²) in [7, 11) is 0. The molecule has 2 aliphatic rings. The minimum absolute atomic E-state index is 0.184. The second-order valence-corrected chi connectivity index (χ2v) is 8.95. The van der Waals surface area contributed by atoms with Crippen molar-refractivity contribution < 1.29 is 19.1 Å². The van der Waals surface area contributed by atoms with Crippen LogP contribution in [-0.2, 0) is 11.2 Å². The van der Waals surface area contributed by atoms with Crippen molar-refractivity contribution in [2.75, 3.05) is 13.3 Å². The van der Waals surface area contributed by atoms with Crippen LogP contribution in [0.2, 0.25) is 0 Å². The van der Waals surface area contributed by atoms with Gasteiger partial charge in [0.15, 0.2) is 11.5 Å². The van der Waals surface area contributed by atoms with E-state index in [0.717, 1.165) is 70.5 Å². The van der Waals surface area contributed by atoms with E-state index in [-0.39, 0.29) is 18.6 Å². The summed E-state index contributed by atoms with van der Waals surface area (Å²) in [6.45, 7) is 4.52. The van der Waals surface area contributed by atoms with Crippen LogP contribution < -0.4 is 20.1 Å². The fraction of sp³-hybridized carbons (Fsp3) is 0.321. The fourth-order valence-electron chi connectivity index (χ4n) is 4.67. The molecule has 0 fully saturated rings. The normalized spacial score (nSPS) is 16.1. The Labute approximate surface area is 204 Å². The van der Waals surface area contributed by atoms with Crippen molar-refractivity contribution in [1.29, 1.82) is 0 Å². The number of carbonyl (C=O) groups is 2. The Morgan fingerprint density at radius 1 is 1.11 bits per heavy atom. The number of para-hydroxylation sites is 1. The predicted molar refractivity (Wildman–Crippen MR) is 135 cm³/mol. The molecule has 1 atom stereocenters. The van der Waals surface area contributed by atoms with Crippen molar-refractivity contribution in [1.82, 2.24) is 15.6 Å². The van der Waals surface area contributed by atoms with E-state index in [4.69, 9.17) is 14.5 Å². The van der Waals surface area contributed by atoms with Gasteiger partial charge < -0.3 is 20.1 Å². The number of rotatable bonds is 6. The lowest BCUT2D eigenvalue weighted by Crippen LogP contribution is -2.45. The SMILES string of the molecule is CCCNC(=O)C(C)NC(=O)c1c2c(nc3ccccc13)/C(=C/c1ccc3c(c1)OCO3)CCC2. The number of hydrogen-bond donors (Lipinski definition) is 2. The molecule has 1 unspecified atom stereocenters. The topological polar surface area (TPSA) is 89.6 Å². The van der Waals surface area contributed by atoms with Gasteiger partial charge in [0.1, 0.15) is 6.04 Å². The molecule has 180 valence electrons. The molecule has 3 aromatic rings. The number of nitrogens with zero attached hydrogens (tertiary/aromatic N) is 1. The Hall–Kier alpha value is -3.87. The van der Waals surface area contributed by atoms with Gasteiger partial charge in [0.05, 0.1) is 16.8 Å². The molecule has 2 amide bonds. The second kappa shape index (κ2) is 9.78. The van der Waals surface area contributed by atoms with Crippen molar-refractivity contribution in [3.63, 3.8) is 0 Å². The number of benzene rings is 2. The number of nitrogens with one attached hydrogen (secondary N) is 2. The minimum Gasteiger partial charge on any atom is -0.454 e. The van der Waals surface area contributed by atoms with Crippen LogP contribution in [0.15, 0.2) is 42.5 Å². The number of fused-ring (bicyclic) bond motifs is 3. The number of pyridine rings is 1. The molecular formula is C28H29N3O4. The highest BCUT2D eigenvalue weighted by atomic mass is 16.7. The summed E-state index contributed by atoms with van der Waals surface area (Å²) in [5.74, 6) is 1.05. The molecule has 5 rings (SSSR count). The molecule has 0 radical (unpaired) electrons. The fourth-order valence-corrected chi connectivity index (χ4v) is 4.67. The molecule has 0 spiro atoms. The summed E-state index contributed by atoms with van der Waals surface area (Å²) >= 11 is 0. The number of ether oxygens (including phenoxy) is 2. The van der Waals surface area contributed by atoms with Crippen molar-refractivity contribution in [2.24, 2.45) is 0 Å². The van der Waals surface area contributed by atoms with E-state index < -0.39 is 6.04 Å². The molecular weight excluding hydrogens is 442 g/mol. The summed E-state index contributed by atoms with van der Waals surface area (Å²) in [5, 5.41) is 6.56. The summed E-state index contributed by atoms with van der Waals surface area (Å²) in [6.07, 6.45) is 5.49. The lowest BCUT2D eigenvalue weighted by atomic mass is 9.85. The minimum atomic E-state index is -0.635. The highest BCUT2D eigenvalue weighted by Crippen LogP contribution is 2.38. The van der Waals surface area contributed by atoms with Crippen LogP contribution in [0.1, 0.15) is 60.3 Å². The van der Waals surface area contributed by atoms with E-state index in [1.165, 1.54) is 0 Å². The van der Waals surface area contributed by atoms with Crippen molar-refractivity contribution in [2.45, 2.75) is 45.6 Å². The third-order valence-corrected chi connectivity index (χ3v) is 6.43. The standard InChI is InChI=1S/C28H29N3O4/c1-3-13-29-27(32)17(2)30-28(33)25-20-8-4-5-10-22(20)31-26-19(7-6-9-21(25)26)14-18-11-12-23-24(15-18)35-16-34-23/h4-5,8,10-12,14-15,17H,3,6-7,9,13,16H2,1-2H3,(H,29,32)(H,30,33)/b19-14+. The van der Waals surface area contributed by atoms with Gasteiger partial charge >= 0.3 is 0 Å². The molecule has 7 nitrogen and oxygen atoms in total. The van der Waals surface area contributed by atoms with Crippen LogP contribution in [0, 0.1) is 0 Å². The van der Waals surface area contributed by atoms with Gasteiger partial charge in [-0.05, 0) is 73.6 Å². The van der Waals surface area contributed by atoms with Crippen LogP contribution in [0.25, 0.3) is 22.6 Å². The zero-order valence-corrected chi connectivity index (χ0v) is 20.0. The Balaban J connectivity index is 1.54. The highest BCUT2D eigenvalue weighted by molar-refractivity contribution is 6.10. The van der Waals surface area contributed by atoms with E-state index >= 15 is 0 Å². The summed E-state index contributed by atoms with van der Waals surface area (Å²) in [5.41, 5.74) is 5.23. The molecule has 0 bridgehead atoms. The van der Waals surface area contributed by atoms with Crippen LogP contribution >= 0.6 is 0 Å². The molecule has 7 heteroatoms. The van der Waals surface area contributed by atoms with Crippen LogP contribution in [0.4, 0.5) is 0 Å². The Kier molecular flexibility index (Phi) is 6.40.